The summed E-state index contributed by atoms with van der Waals surface area (Å²) in [5.74, 6) is 0. The molecular weight excluding hydrogens is 781 g/mol. The van der Waals surface area contributed by atoms with Crippen molar-refractivity contribution in [2.75, 3.05) is 0 Å². The van der Waals surface area contributed by atoms with Gasteiger partial charge < -0.3 is 0 Å². The molecule has 0 N–H and O–H groups in total. The van der Waals surface area contributed by atoms with Crippen LogP contribution < -0.4 is 0 Å². The second kappa shape index (κ2) is 12.9. The van der Waals surface area contributed by atoms with Crippen molar-refractivity contribution < 1.29 is 0 Å². The summed E-state index contributed by atoms with van der Waals surface area (Å²) in [6, 6.07) is 87.0. The highest BCUT2D eigenvalue weighted by molar-refractivity contribution is 6.39. The summed E-state index contributed by atoms with van der Waals surface area (Å²) in [6.07, 6.45) is 0. The third-order valence-corrected chi connectivity index (χ3v) is 15.2. The van der Waals surface area contributed by atoms with Crippen LogP contribution in [0.3, 0.4) is 0 Å². The van der Waals surface area contributed by atoms with Crippen molar-refractivity contribution in [2.24, 2.45) is 0 Å². The van der Waals surface area contributed by atoms with Crippen LogP contribution in [0.2, 0.25) is 0 Å². The van der Waals surface area contributed by atoms with Gasteiger partial charge in [0.1, 0.15) is 0 Å². The summed E-state index contributed by atoms with van der Waals surface area (Å²) in [5.41, 5.74) is 17.8. The Morgan fingerprint density at radius 1 is 0.215 bits per heavy atom. The molecule has 2 aliphatic rings. The predicted octanol–water partition coefficient (Wildman–Crippen LogP) is 17.4. The molecule has 13 aromatic rings. The minimum atomic E-state index is -0.489. The minimum Gasteiger partial charge on any atom is -0.0622 e. The molecule has 0 saturated carbocycles. The smallest absolute Gasteiger partial charge is 0.0622 e. The second-order valence-corrected chi connectivity index (χ2v) is 18.1. The Morgan fingerprint density at radius 3 is 1.26 bits per heavy atom. The van der Waals surface area contributed by atoms with E-state index in [1.807, 2.05) is 0 Å². The van der Waals surface area contributed by atoms with E-state index in [0.717, 1.165) is 0 Å². The van der Waals surface area contributed by atoms with Crippen LogP contribution in [0.4, 0.5) is 0 Å². The Kier molecular flexibility index (Phi) is 6.97. The number of hydrogen-bond acceptors (Lipinski definition) is 0. The number of benzene rings is 13. The Hall–Kier alpha value is -8.32. The van der Waals surface area contributed by atoms with Crippen LogP contribution in [0.5, 0.6) is 0 Å². The molecule has 298 valence electrons. The molecule has 0 heteroatoms. The zero-order chi connectivity index (χ0) is 42.4. The van der Waals surface area contributed by atoms with E-state index in [4.69, 9.17) is 0 Å². The van der Waals surface area contributed by atoms with Gasteiger partial charge in [0.25, 0.3) is 0 Å². The second-order valence-electron chi connectivity index (χ2n) is 18.1. The molecule has 0 heterocycles. The SMILES string of the molecule is c1ccc(-c2c3ccccc3c(-c3ccccc3)c3cc4c(cc23)-c2ccc3c5cccc6c7c(cc(c8ccc-4c2c38)c65)C(c2ccccc2)(c2ccccc2)c2ccccc2-7)cc1. The van der Waals surface area contributed by atoms with Gasteiger partial charge in [0.2, 0.25) is 0 Å². The maximum atomic E-state index is 2.59. The molecule has 15 rings (SSSR count). The molecule has 0 radical (unpaired) electrons. The normalized spacial score (nSPS) is 13.4. The molecule has 0 amide bonds. The average molecular weight is 819 g/mol. The van der Waals surface area contributed by atoms with Gasteiger partial charge in [0.15, 0.2) is 0 Å². The molecule has 0 unspecified atom stereocenters. The van der Waals surface area contributed by atoms with Crippen LogP contribution in [0.25, 0.3) is 120 Å². The molecule has 2 aliphatic carbocycles. The van der Waals surface area contributed by atoms with Gasteiger partial charge in [-0.15, -0.1) is 0 Å². The Balaban J connectivity index is 1.08. The highest BCUT2D eigenvalue weighted by atomic mass is 14.5. The van der Waals surface area contributed by atoms with Gasteiger partial charge in [-0.1, -0.05) is 212 Å². The van der Waals surface area contributed by atoms with Crippen molar-refractivity contribution in [3.8, 4) is 55.6 Å². The van der Waals surface area contributed by atoms with E-state index in [0.29, 0.717) is 0 Å². The van der Waals surface area contributed by atoms with Crippen LogP contribution in [0.1, 0.15) is 22.3 Å². The van der Waals surface area contributed by atoms with Gasteiger partial charge in [-0.2, -0.15) is 0 Å². The quantitative estimate of drug-likeness (QED) is 0.123. The molecule has 13 aromatic carbocycles. The van der Waals surface area contributed by atoms with E-state index in [-0.39, 0.29) is 0 Å². The maximum Gasteiger partial charge on any atom is 0.0714 e. The standard InChI is InChI=1S/C65H38/c1-5-18-39(19-6-1)59-43-26-13-14-27-44(43)60(40-20-7-2-8-21-40)55-37-53-48-34-35-49-56-38-58-62(50-28-15-16-31-57(50)65(58,41-22-9-3-10-23-41)42-24-11-4-12-25-42)51-30-17-29-45(61(51)56)46-32-33-47(64(48)63(46)49)52(53)36-54(55)59/h1-38H. The third kappa shape index (κ3) is 4.46. The fourth-order valence-electron chi connectivity index (χ4n) is 12.7. The lowest BCUT2D eigenvalue weighted by molar-refractivity contribution is 0.770. The predicted molar refractivity (Wildman–Crippen MR) is 275 cm³/mol. The maximum absolute atomic E-state index is 2.59. The summed E-state index contributed by atoms with van der Waals surface area (Å²) < 4.78 is 0. The van der Waals surface area contributed by atoms with E-state index in [9.17, 15) is 0 Å². The van der Waals surface area contributed by atoms with E-state index in [1.165, 1.54) is 143 Å². The largest absolute Gasteiger partial charge is 0.0714 e. The van der Waals surface area contributed by atoms with Crippen LogP contribution in [-0.2, 0) is 5.41 Å². The monoisotopic (exact) mass is 818 g/mol. The topological polar surface area (TPSA) is 0 Å². The van der Waals surface area contributed by atoms with Crippen LogP contribution in [0, 0.1) is 0 Å². The Morgan fingerprint density at radius 2 is 0.677 bits per heavy atom. The molecule has 0 aromatic heterocycles. The highest BCUT2D eigenvalue weighted by Gasteiger charge is 2.47. The molecule has 0 fully saturated rings. The van der Waals surface area contributed by atoms with E-state index < -0.39 is 5.41 Å². The molecule has 0 atom stereocenters. The third-order valence-electron chi connectivity index (χ3n) is 15.2. The van der Waals surface area contributed by atoms with Crippen molar-refractivity contribution in [2.45, 2.75) is 5.41 Å². The first-order chi connectivity index (χ1) is 32.3. The fourth-order valence-corrected chi connectivity index (χ4v) is 12.7. The highest BCUT2D eigenvalue weighted by Crippen LogP contribution is 2.61. The number of fused-ring (bicyclic) bond motifs is 11. The molecule has 0 nitrogen and oxygen atoms in total. The van der Waals surface area contributed by atoms with Crippen molar-refractivity contribution in [1.82, 2.24) is 0 Å². The lowest BCUT2D eigenvalue weighted by atomic mass is 9.67. The van der Waals surface area contributed by atoms with E-state index in [1.54, 1.807) is 0 Å². The van der Waals surface area contributed by atoms with Gasteiger partial charge in [0, 0.05) is 0 Å². The lowest BCUT2D eigenvalue weighted by Crippen LogP contribution is -2.28. The molecule has 0 bridgehead atoms. The van der Waals surface area contributed by atoms with Gasteiger partial charge in [-0.05, 0) is 161 Å². The van der Waals surface area contributed by atoms with Crippen LogP contribution in [-0.4, -0.2) is 0 Å². The van der Waals surface area contributed by atoms with Crippen molar-refractivity contribution >= 4 is 64.6 Å². The van der Waals surface area contributed by atoms with Crippen LogP contribution in [0.15, 0.2) is 231 Å². The van der Waals surface area contributed by atoms with Gasteiger partial charge in [-0.3, -0.25) is 0 Å². The van der Waals surface area contributed by atoms with Gasteiger partial charge in [0.05, 0.1) is 5.41 Å². The lowest BCUT2D eigenvalue weighted by Gasteiger charge is -2.34. The van der Waals surface area contributed by atoms with Gasteiger partial charge in [-0.25, -0.2) is 0 Å². The molecule has 0 aliphatic heterocycles. The van der Waals surface area contributed by atoms with Crippen molar-refractivity contribution in [3.05, 3.63) is 253 Å². The summed E-state index contributed by atoms with van der Waals surface area (Å²) in [4.78, 5) is 0. The molecule has 65 heavy (non-hydrogen) atoms. The number of hydrogen-bond donors (Lipinski definition) is 0. The summed E-state index contributed by atoms with van der Waals surface area (Å²) in [5, 5.41) is 15.8. The summed E-state index contributed by atoms with van der Waals surface area (Å²) in [7, 11) is 0. The van der Waals surface area contributed by atoms with E-state index in [2.05, 4.69) is 231 Å². The average Bonchev–Trinajstić information content (AvgIpc) is 3.86. The first-order valence-corrected chi connectivity index (χ1v) is 22.8. The van der Waals surface area contributed by atoms with Crippen LogP contribution >= 0.6 is 0 Å². The minimum absolute atomic E-state index is 0.489. The van der Waals surface area contributed by atoms with Crippen molar-refractivity contribution in [3.63, 3.8) is 0 Å². The molecular formula is C65H38. The zero-order valence-corrected chi connectivity index (χ0v) is 35.4. The Labute approximate surface area is 376 Å². The fraction of sp³-hybridized carbons (Fsp3) is 0.0154. The van der Waals surface area contributed by atoms with Gasteiger partial charge >= 0.3 is 0 Å². The first kappa shape index (κ1) is 35.2. The Bertz CT molecular complexity index is 3980. The molecule has 0 saturated heterocycles. The van der Waals surface area contributed by atoms with E-state index >= 15 is 0 Å². The van der Waals surface area contributed by atoms with Crippen molar-refractivity contribution in [1.29, 1.82) is 0 Å². The zero-order valence-electron chi connectivity index (χ0n) is 35.4. The summed E-state index contributed by atoms with van der Waals surface area (Å²) >= 11 is 0. The molecule has 0 spiro atoms. The number of rotatable bonds is 4. The summed E-state index contributed by atoms with van der Waals surface area (Å²) in [6.45, 7) is 0. The first-order valence-electron chi connectivity index (χ1n) is 22.8.